The number of carbonyl (C=O) groups is 1. The Morgan fingerprint density at radius 1 is 1.50 bits per heavy atom. The van der Waals surface area contributed by atoms with Gasteiger partial charge in [-0.1, -0.05) is 0 Å². The summed E-state index contributed by atoms with van der Waals surface area (Å²) in [5.74, 6) is -0.602. The molecule has 1 amide bonds. The number of hydrogen-bond acceptors (Lipinski definition) is 3. The fourth-order valence-corrected chi connectivity index (χ4v) is 3.21. The molecule has 2 N–H and O–H groups in total. The minimum Gasteiger partial charge on any atom is -0.325 e. The van der Waals surface area contributed by atoms with Gasteiger partial charge in [0.2, 0.25) is 5.91 Å². The third-order valence-electron chi connectivity index (χ3n) is 4.37. The van der Waals surface area contributed by atoms with Crippen LogP contribution < -0.4 is 10.6 Å². The average Bonchev–Trinajstić information content (AvgIpc) is 3.06. The number of hydrogen-bond donors (Lipinski definition) is 2. The van der Waals surface area contributed by atoms with Gasteiger partial charge in [-0.15, -0.1) is 0 Å². The normalized spacial score (nSPS) is 27.4. The first-order valence-electron chi connectivity index (χ1n) is 6.85. The maximum atomic E-state index is 13.7. The van der Waals surface area contributed by atoms with Crippen LogP contribution >= 0.6 is 0 Å². The standard InChI is InChI=1S/C15H16FN3O/c1-8-12(16)4-9(7-17)5-14(8)19-15(20)11-6-10-2-3-13(11)18-10/h4-5,10-11,13,18H,2-3,6H2,1H3,(H,19,20). The number of nitrogens with zero attached hydrogens (tertiary/aromatic N) is 1. The zero-order chi connectivity index (χ0) is 14.3. The number of carbonyl (C=O) groups excluding carboxylic acids is 1. The molecule has 2 bridgehead atoms. The van der Waals surface area contributed by atoms with E-state index in [4.69, 9.17) is 5.26 Å². The summed E-state index contributed by atoms with van der Waals surface area (Å²) in [6.45, 7) is 1.60. The van der Waals surface area contributed by atoms with Gasteiger partial charge in [0.15, 0.2) is 0 Å². The second-order valence-electron chi connectivity index (χ2n) is 5.62. The maximum absolute atomic E-state index is 13.7. The minimum absolute atomic E-state index is 0.0537. The zero-order valence-electron chi connectivity index (χ0n) is 11.2. The van der Waals surface area contributed by atoms with E-state index < -0.39 is 5.82 Å². The Morgan fingerprint density at radius 3 is 2.90 bits per heavy atom. The molecule has 4 nitrogen and oxygen atoms in total. The Labute approximate surface area is 117 Å². The van der Waals surface area contributed by atoms with Crippen LogP contribution in [0.2, 0.25) is 0 Å². The Bertz CT molecular complexity index is 608. The van der Waals surface area contributed by atoms with E-state index in [1.165, 1.54) is 12.1 Å². The highest BCUT2D eigenvalue weighted by atomic mass is 19.1. The van der Waals surface area contributed by atoms with Gasteiger partial charge in [0.05, 0.1) is 17.6 Å². The van der Waals surface area contributed by atoms with Gasteiger partial charge in [0, 0.05) is 23.3 Å². The van der Waals surface area contributed by atoms with Gasteiger partial charge in [-0.25, -0.2) is 4.39 Å². The Kier molecular flexibility index (Phi) is 3.19. The summed E-state index contributed by atoms with van der Waals surface area (Å²) in [6.07, 6.45) is 3.00. The molecule has 5 heteroatoms. The molecule has 0 aromatic heterocycles. The molecule has 104 valence electrons. The van der Waals surface area contributed by atoms with Gasteiger partial charge in [0.25, 0.3) is 0 Å². The van der Waals surface area contributed by atoms with Crippen LogP contribution in [-0.2, 0) is 4.79 Å². The van der Waals surface area contributed by atoms with Crippen molar-refractivity contribution in [3.63, 3.8) is 0 Å². The summed E-state index contributed by atoms with van der Waals surface area (Å²) in [4.78, 5) is 12.3. The summed E-state index contributed by atoms with van der Waals surface area (Å²) < 4.78 is 13.7. The molecular formula is C15H16FN3O. The van der Waals surface area contributed by atoms with Crippen LogP contribution in [0.1, 0.15) is 30.4 Å². The van der Waals surface area contributed by atoms with Crippen molar-refractivity contribution in [1.82, 2.24) is 5.32 Å². The molecule has 2 aliphatic heterocycles. The van der Waals surface area contributed by atoms with Crippen LogP contribution in [-0.4, -0.2) is 18.0 Å². The summed E-state index contributed by atoms with van der Waals surface area (Å²) in [5.41, 5.74) is 0.984. The molecule has 0 aliphatic carbocycles. The van der Waals surface area contributed by atoms with E-state index in [0.717, 1.165) is 19.3 Å². The number of rotatable bonds is 2. The molecule has 2 heterocycles. The van der Waals surface area contributed by atoms with E-state index >= 15 is 0 Å². The predicted octanol–water partition coefficient (Wildman–Crippen LogP) is 2.08. The SMILES string of the molecule is Cc1c(F)cc(C#N)cc1NC(=O)C1CC2CCC1N2. The molecule has 2 fully saturated rings. The first kappa shape index (κ1) is 13.1. The molecule has 3 atom stereocenters. The number of benzene rings is 1. The number of anilines is 1. The summed E-state index contributed by atoms with van der Waals surface area (Å²) in [7, 11) is 0. The third kappa shape index (κ3) is 2.16. The van der Waals surface area contributed by atoms with Crippen molar-refractivity contribution in [2.24, 2.45) is 5.92 Å². The monoisotopic (exact) mass is 273 g/mol. The number of nitriles is 1. The maximum Gasteiger partial charge on any atom is 0.229 e. The first-order chi connectivity index (χ1) is 9.58. The highest BCUT2D eigenvalue weighted by molar-refractivity contribution is 5.94. The summed E-state index contributed by atoms with van der Waals surface area (Å²) in [6, 6.07) is 5.29. The van der Waals surface area contributed by atoms with E-state index in [9.17, 15) is 9.18 Å². The topological polar surface area (TPSA) is 64.9 Å². The lowest BCUT2D eigenvalue weighted by molar-refractivity contribution is -0.120. The predicted molar refractivity (Wildman–Crippen MR) is 72.5 cm³/mol. The van der Waals surface area contributed by atoms with Crippen LogP contribution in [0.5, 0.6) is 0 Å². The molecule has 20 heavy (non-hydrogen) atoms. The molecule has 3 unspecified atom stereocenters. The number of halogens is 1. The first-order valence-corrected chi connectivity index (χ1v) is 6.85. The summed E-state index contributed by atoms with van der Waals surface area (Å²) >= 11 is 0. The highest BCUT2D eigenvalue weighted by Crippen LogP contribution is 2.34. The van der Waals surface area contributed by atoms with E-state index in [0.29, 0.717) is 17.3 Å². The van der Waals surface area contributed by atoms with Crippen molar-refractivity contribution < 1.29 is 9.18 Å². The van der Waals surface area contributed by atoms with Crippen LogP contribution in [0.4, 0.5) is 10.1 Å². The molecule has 0 radical (unpaired) electrons. The van der Waals surface area contributed by atoms with Gasteiger partial charge in [-0.05, 0) is 38.3 Å². The van der Waals surface area contributed by atoms with Gasteiger partial charge in [0.1, 0.15) is 5.82 Å². The Morgan fingerprint density at radius 2 is 2.30 bits per heavy atom. The average molecular weight is 273 g/mol. The highest BCUT2D eigenvalue weighted by Gasteiger charge is 2.42. The number of amides is 1. The van der Waals surface area contributed by atoms with Crippen molar-refractivity contribution in [2.45, 2.75) is 38.3 Å². The van der Waals surface area contributed by atoms with Crippen molar-refractivity contribution in [3.05, 3.63) is 29.1 Å². The lowest BCUT2D eigenvalue weighted by atomic mass is 9.88. The fourth-order valence-electron chi connectivity index (χ4n) is 3.21. The second kappa shape index (κ2) is 4.88. The van der Waals surface area contributed by atoms with Crippen molar-refractivity contribution in [3.8, 4) is 6.07 Å². The Hall–Kier alpha value is -1.93. The van der Waals surface area contributed by atoms with Gasteiger partial charge < -0.3 is 10.6 Å². The van der Waals surface area contributed by atoms with Crippen LogP contribution in [0.25, 0.3) is 0 Å². The van der Waals surface area contributed by atoms with Crippen LogP contribution in [0, 0.1) is 30.0 Å². The smallest absolute Gasteiger partial charge is 0.229 e. The van der Waals surface area contributed by atoms with Crippen molar-refractivity contribution in [2.75, 3.05) is 5.32 Å². The second-order valence-corrected chi connectivity index (χ2v) is 5.62. The molecule has 0 saturated carbocycles. The van der Waals surface area contributed by atoms with Gasteiger partial charge in [-0.2, -0.15) is 5.26 Å². The molecular weight excluding hydrogens is 257 g/mol. The van der Waals surface area contributed by atoms with E-state index in [2.05, 4.69) is 10.6 Å². The lowest BCUT2D eigenvalue weighted by Crippen LogP contribution is -2.33. The van der Waals surface area contributed by atoms with E-state index in [1.807, 2.05) is 6.07 Å². The number of nitrogens with one attached hydrogen (secondary N) is 2. The molecule has 1 aromatic rings. The van der Waals surface area contributed by atoms with E-state index in [1.54, 1.807) is 6.92 Å². The quantitative estimate of drug-likeness (QED) is 0.867. The zero-order valence-corrected chi connectivity index (χ0v) is 11.2. The summed E-state index contributed by atoms with van der Waals surface area (Å²) in [5, 5.41) is 15.1. The van der Waals surface area contributed by atoms with Crippen molar-refractivity contribution >= 4 is 11.6 Å². The molecule has 0 spiro atoms. The molecule has 1 aromatic carbocycles. The molecule has 2 saturated heterocycles. The van der Waals surface area contributed by atoms with E-state index in [-0.39, 0.29) is 23.4 Å². The molecule has 3 rings (SSSR count). The molecule has 2 aliphatic rings. The largest absolute Gasteiger partial charge is 0.325 e. The van der Waals surface area contributed by atoms with Crippen molar-refractivity contribution in [1.29, 1.82) is 5.26 Å². The fraction of sp³-hybridized carbons (Fsp3) is 0.467. The Balaban J connectivity index is 1.79. The third-order valence-corrected chi connectivity index (χ3v) is 4.37. The number of fused-ring (bicyclic) bond motifs is 2. The minimum atomic E-state index is -0.467. The van der Waals surface area contributed by atoms with Gasteiger partial charge >= 0.3 is 0 Å². The van der Waals surface area contributed by atoms with Gasteiger partial charge in [-0.3, -0.25) is 4.79 Å². The lowest BCUT2D eigenvalue weighted by Gasteiger charge is -2.20. The van der Waals surface area contributed by atoms with Crippen LogP contribution in [0.3, 0.4) is 0 Å². The van der Waals surface area contributed by atoms with Crippen LogP contribution in [0.15, 0.2) is 12.1 Å².